The fraction of sp³-hybridized carbons (Fsp3) is 0.250. The second-order valence-electron chi connectivity index (χ2n) is 7.67. The van der Waals surface area contributed by atoms with Crippen molar-refractivity contribution in [3.63, 3.8) is 0 Å². The van der Waals surface area contributed by atoms with E-state index in [1.807, 2.05) is 36.4 Å². The number of anilines is 1. The highest BCUT2D eigenvalue weighted by atomic mass is 19.4. The van der Waals surface area contributed by atoms with Crippen molar-refractivity contribution in [2.45, 2.75) is 25.6 Å². The maximum absolute atomic E-state index is 10.9. The van der Waals surface area contributed by atoms with Crippen LogP contribution >= 0.6 is 0 Å². The molecule has 190 valence electrons. The van der Waals surface area contributed by atoms with Crippen molar-refractivity contribution >= 4 is 39.7 Å². The van der Waals surface area contributed by atoms with Crippen molar-refractivity contribution in [2.24, 2.45) is 0 Å². The quantitative estimate of drug-likeness (QED) is 0.304. The Hall–Kier alpha value is -4.19. The van der Waals surface area contributed by atoms with Gasteiger partial charge in [-0.2, -0.15) is 13.2 Å². The molecular formula is C24H23F3N4O5. The number of rotatable bonds is 8. The first-order valence-corrected chi connectivity index (χ1v) is 10.8. The normalized spacial score (nSPS) is 11.3. The first-order valence-electron chi connectivity index (χ1n) is 10.8. The molecule has 0 saturated heterocycles. The number of hydrogen-bond acceptors (Lipinski definition) is 6. The SMILES string of the molecule is Nc1nc2ccccc2c2c1ncn2CCOCCCc1ccc(C(=O)O)cc1.O=C(O)C(F)(F)F. The minimum atomic E-state index is -5.08. The Morgan fingerprint density at radius 3 is 2.33 bits per heavy atom. The Bertz CT molecular complexity index is 1350. The first-order chi connectivity index (χ1) is 17.1. The molecule has 0 aliphatic rings. The Kier molecular flexibility index (Phi) is 8.43. The van der Waals surface area contributed by atoms with Crippen molar-refractivity contribution in [2.75, 3.05) is 18.9 Å². The fourth-order valence-corrected chi connectivity index (χ4v) is 3.43. The highest BCUT2D eigenvalue weighted by molar-refractivity contribution is 6.06. The van der Waals surface area contributed by atoms with Crippen molar-refractivity contribution < 1.29 is 37.7 Å². The molecule has 0 radical (unpaired) electrons. The van der Waals surface area contributed by atoms with E-state index in [9.17, 15) is 18.0 Å². The number of nitrogens with zero attached hydrogens (tertiary/aromatic N) is 3. The molecule has 2 aromatic heterocycles. The van der Waals surface area contributed by atoms with Crippen LogP contribution < -0.4 is 5.73 Å². The van der Waals surface area contributed by atoms with Gasteiger partial charge in [0.2, 0.25) is 0 Å². The number of benzene rings is 2. The van der Waals surface area contributed by atoms with Crippen molar-refractivity contribution in [1.29, 1.82) is 0 Å². The number of hydrogen-bond donors (Lipinski definition) is 3. The summed E-state index contributed by atoms with van der Waals surface area (Å²) in [7, 11) is 0. The lowest BCUT2D eigenvalue weighted by molar-refractivity contribution is -0.192. The summed E-state index contributed by atoms with van der Waals surface area (Å²) in [5.74, 6) is -3.22. The van der Waals surface area contributed by atoms with E-state index in [0.29, 0.717) is 36.7 Å². The predicted molar refractivity (Wildman–Crippen MR) is 126 cm³/mol. The zero-order chi connectivity index (χ0) is 26.3. The van der Waals surface area contributed by atoms with Gasteiger partial charge in [-0.05, 0) is 36.6 Å². The van der Waals surface area contributed by atoms with E-state index >= 15 is 0 Å². The number of alkyl halides is 3. The smallest absolute Gasteiger partial charge is 0.478 e. The number of fused-ring (bicyclic) bond motifs is 3. The van der Waals surface area contributed by atoms with Crippen molar-refractivity contribution in [1.82, 2.24) is 14.5 Å². The molecule has 0 saturated carbocycles. The van der Waals surface area contributed by atoms with E-state index in [4.69, 9.17) is 25.5 Å². The summed E-state index contributed by atoms with van der Waals surface area (Å²) in [5.41, 5.74) is 10.0. The number of carboxylic acids is 2. The van der Waals surface area contributed by atoms with Crippen molar-refractivity contribution in [3.05, 3.63) is 66.0 Å². The molecule has 4 N–H and O–H groups in total. The van der Waals surface area contributed by atoms with Crippen molar-refractivity contribution in [3.8, 4) is 0 Å². The van der Waals surface area contributed by atoms with E-state index in [2.05, 4.69) is 14.5 Å². The van der Waals surface area contributed by atoms with E-state index in [1.165, 1.54) is 0 Å². The molecule has 0 fully saturated rings. The summed E-state index contributed by atoms with van der Waals surface area (Å²) < 4.78 is 39.6. The average molecular weight is 504 g/mol. The summed E-state index contributed by atoms with van der Waals surface area (Å²) in [5, 5.41) is 17.1. The topological polar surface area (TPSA) is 141 Å². The first kappa shape index (κ1) is 26.4. The predicted octanol–water partition coefficient (Wildman–Crippen LogP) is 4.15. The molecule has 2 aromatic carbocycles. The summed E-state index contributed by atoms with van der Waals surface area (Å²) in [6, 6.07) is 14.9. The van der Waals surface area contributed by atoms with Gasteiger partial charge in [-0.15, -0.1) is 0 Å². The van der Waals surface area contributed by atoms with Gasteiger partial charge in [0.1, 0.15) is 5.52 Å². The summed E-state index contributed by atoms with van der Waals surface area (Å²) in [4.78, 5) is 28.6. The number of aliphatic carboxylic acids is 1. The number of nitrogens with two attached hydrogens (primary N) is 1. The van der Waals surface area contributed by atoms with E-state index < -0.39 is 18.1 Å². The lowest BCUT2D eigenvalue weighted by Gasteiger charge is -2.09. The molecule has 0 atom stereocenters. The molecule has 4 rings (SSSR count). The molecule has 12 heteroatoms. The molecule has 0 aliphatic carbocycles. The number of pyridine rings is 1. The number of para-hydroxylation sites is 1. The van der Waals surface area contributed by atoms with Gasteiger partial charge in [0, 0.05) is 18.5 Å². The number of aromatic carboxylic acids is 1. The number of imidazole rings is 1. The molecule has 0 aliphatic heterocycles. The molecular weight excluding hydrogens is 481 g/mol. The van der Waals surface area contributed by atoms with E-state index in [-0.39, 0.29) is 0 Å². The molecule has 36 heavy (non-hydrogen) atoms. The maximum atomic E-state index is 10.9. The van der Waals surface area contributed by atoms with Gasteiger partial charge in [0.15, 0.2) is 5.82 Å². The van der Waals surface area contributed by atoms with Crippen LogP contribution in [0.5, 0.6) is 0 Å². The third-order valence-corrected chi connectivity index (χ3v) is 5.15. The van der Waals surface area contributed by atoms with Crippen LogP contribution in [-0.4, -0.2) is 56.1 Å². The largest absolute Gasteiger partial charge is 0.490 e. The molecule has 0 bridgehead atoms. The zero-order valence-corrected chi connectivity index (χ0v) is 18.9. The Morgan fingerprint density at radius 1 is 1.03 bits per heavy atom. The summed E-state index contributed by atoms with van der Waals surface area (Å²) in [6.07, 6.45) is -1.58. The second kappa shape index (κ2) is 11.5. The van der Waals surface area contributed by atoms with E-state index in [0.717, 1.165) is 34.8 Å². The van der Waals surface area contributed by atoms with Crippen LogP contribution in [0, 0.1) is 0 Å². The van der Waals surface area contributed by atoms with Crippen LogP contribution in [0.1, 0.15) is 22.3 Å². The summed E-state index contributed by atoms with van der Waals surface area (Å²) in [6.45, 7) is 1.88. The highest BCUT2D eigenvalue weighted by Crippen LogP contribution is 2.26. The maximum Gasteiger partial charge on any atom is 0.490 e. The number of aryl methyl sites for hydroxylation is 1. The Balaban J connectivity index is 0.000000454. The fourth-order valence-electron chi connectivity index (χ4n) is 3.43. The highest BCUT2D eigenvalue weighted by Gasteiger charge is 2.38. The summed E-state index contributed by atoms with van der Waals surface area (Å²) >= 11 is 0. The van der Waals surface area contributed by atoms with Crippen LogP contribution in [0.4, 0.5) is 19.0 Å². The Morgan fingerprint density at radius 2 is 1.69 bits per heavy atom. The van der Waals surface area contributed by atoms with Gasteiger partial charge in [-0.1, -0.05) is 30.3 Å². The standard InChI is InChI=1S/C22H22N4O3.C2HF3O2/c23-21-19-20(17-5-1-2-6-18(17)25-21)26(14-24-19)11-13-29-12-3-4-15-7-9-16(10-8-15)22(27)28;3-2(4,5)1(6)7/h1-2,5-10,14H,3-4,11-13H2,(H2,23,25)(H,27,28);(H,6,7). The molecule has 0 amide bonds. The number of carbonyl (C=O) groups is 2. The minimum Gasteiger partial charge on any atom is -0.478 e. The van der Waals surface area contributed by atoms with Crippen LogP contribution in [-0.2, 0) is 22.5 Å². The number of halogens is 3. The van der Waals surface area contributed by atoms with E-state index in [1.54, 1.807) is 18.5 Å². The van der Waals surface area contributed by atoms with Crippen LogP contribution in [0.15, 0.2) is 54.9 Å². The van der Waals surface area contributed by atoms with Gasteiger partial charge >= 0.3 is 18.1 Å². The number of aromatic nitrogens is 3. The van der Waals surface area contributed by atoms with Crippen LogP contribution in [0.2, 0.25) is 0 Å². The van der Waals surface area contributed by atoms with Gasteiger partial charge in [-0.25, -0.2) is 19.6 Å². The lowest BCUT2D eigenvalue weighted by atomic mass is 10.1. The molecule has 9 nitrogen and oxygen atoms in total. The lowest BCUT2D eigenvalue weighted by Crippen LogP contribution is -2.21. The number of ether oxygens (including phenoxy) is 1. The van der Waals surface area contributed by atoms with Crippen LogP contribution in [0.3, 0.4) is 0 Å². The minimum absolute atomic E-state index is 0.306. The number of carboxylic acid groups (broad SMARTS) is 2. The third kappa shape index (κ3) is 6.69. The van der Waals surface area contributed by atoms with Gasteiger partial charge in [0.05, 0.1) is 29.5 Å². The van der Waals surface area contributed by atoms with Gasteiger partial charge < -0.3 is 25.3 Å². The Labute approximate surface area is 202 Å². The second-order valence-corrected chi connectivity index (χ2v) is 7.67. The molecule has 4 aromatic rings. The van der Waals surface area contributed by atoms with Gasteiger partial charge in [-0.3, -0.25) is 0 Å². The molecule has 0 spiro atoms. The average Bonchev–Trinajstić information content (AvgIpc) is 3.26. The molecule has 0 unspecified atom stereocenters. The van der Waals surface area contributed by atoms with Gasteiger partial charge in [0.25, 0.3) is 0 Å². The number of nitrogen functional groups attached to an aromatic ring is 1. The van der Waals surface area contributed by atoms with Crippen LogP contribution in [0.25, 0.3) is 21.9 Å². The zero-order valence-electron chi connectivity index (χ0n) is 18.9. The molecule has 2 heterocycles. The monoisotopic (exact) mass is 504 g/mol. The third-order valence-electron chi connectivity index (χ3n) is 5.15.